The number of aromatic amines is 1. The maximum atomic E-state index is 13.3. The second kappa shape index (κ2) is 4.72. The molecule has 0 aliphatic heterocycles. The van der Waals surface area contributed by atoms with Gasteiger partial charge in [0.2, 0.25) is 5.56 Å². The summed E-state index contributed by atoms with van der Waals surface area (Å²) < 4.78 is 18.4. The lowest BCUT2D eigenvalue weighted by Gasteiger charge is -2.09. The van der Waals surface area contributed by atoms with Crippen LogP contribution < -0.4 is 10.3 Å². The van der Waals surface area contributed by atoms with E-state index in [0.717, 1.165) is 0 Å². The van der Waals surface area contributed by atoms with E-state index in [1.54, 1.807) is 0 Å². The number of ether oxygens (including phenoxy) is 1. The number of H-pyrrole nitrogens is 1. The fourth-order valence-electron chi connectivity index (χ4n) is 1.67. The van der Waals surface area contributed by atoms with Crippen LogP contribution in [0.25, 0.3) is 11.1 Å². The number of methoxy groups -OCH3 is 1. The van der Waals surface area contributed by atoms with E-state index in [9.17, 15) is 9.18 Å². The minimum Gasteiger partial charge on any atom is -0.495 e. The van der Waals surface area contributed by atoms with E-state index in [0.29, 0.717) is 16.9 Å². The largest absolute Gasteiger partial charge is 0.495 e. The first-order chi connectivity index (χ1) is 8.65. The maximum Gasteiger partial charge on any atom is 0.248 e. The number of hydrogen-bond acceptors (Lipinski definition) is 3. The highest BCUT2D eigenvalue weighted by Crippen LogP contribution is 2.30. The molecule has 0 fully saturated rings. The normalized spacial score (nSPS) is 9.83. The van der Waals surface area contributed by atoms with Crippen molar-refractivity contribution in [1.29, 1.82) is 5.26 Å². The predicted molar refractivity (Wildman–Crippen MR) is 63.7 cm³/mol. The molecule has 0 unspecified atom stereocenters. The highest BCUT2D eigenvalue weighted by atomic mass is 19.1. The van der Waals surface area contributed by atoms with Gasteiger partial charge in [-0.15, -0.1) is 0 Å². The van der Waals surface area contributed by atoms with E-state index >= 15 is 0 Å². The van der Waals surface area contributed by atoms with Crippen LogP contribution in [0.3, 0.4) is 0 Å². The van der Waals surface area contributed by atoms with Gasteiger partial charge >= 0.3 is 0 Å². The highest BCUT2D eigenvalue weighted by molar-refractivity contribution is 5.75. The van der Waals surface area contributed by atoms with Crippen molar-refractivity contribution in [3.63, 3.8) is 0 Å². The molecular formula is C13H9FN2O2. The third kappa shape index (κ3) is 2.09. The van der Waals surface area contributed by atoms with E-state index < -0.39 is 5.82 Å². The van der Waals surface area contributed by atoms with Crippen LogP contribution in [-0.4, -0.2) is 12.1 Å². The quantitative estimate of drug-likeness (QED) is 0.879. The monoisotopic (exact) mass is 244 g/mol. The molecule has 0 saturated carbocycles. The van der Waals surface area contributed by atoms with Crippen LogP contribution in [0.5, 0.6) is 5.75 Å². The molecule has 0 saturated heterocycles. The van der Waals surface area contributed by atoms with E-state index in [4.69, 9.17) is 10.00 Å². The van der Waals surface area contributed by atoms with Gasteiger partial charge in [0.1, 0.15) is 11.6 Å². The number of benzene rings is 1. The maximum absolute atomic E-state index is 13.3. The second-order valence-corrected chi connectivity index (χ2v) is 3.58. The smallest absolute Gasteiger partial charge is 0.248 e. The molecule has 4 nitrogen and oxygen atoms in total. The molecule has 0 bridgehead atoms. The number of nitrogens with zero attached hydrogens (tertiary/aromatic N) is 1. The third-order valence-electron chi connectivity index (χ3n) is 2.50. The fraction of sp³-hybridized carbons (Fsp3) is 0.0769. The summed E-state index contributed by atoms with van der Waals surface area (Å²) in [5.41, 5.74) is 0.650. The molecule has 1 aromatic carbocycles. The summed E-state index contributed by atoms with van der Waals surface area (Å²) >= 11 is 0. The lowest BCUT2D eigenvalue weighted by atomic mass is 10.0. The van der Waals surface area contributed by atoms with Crippen LogP contribution in [0.4, 0.5) is 4.39 Å². The van der Waals surface area contributed by atoms with Gasteiger partial charge in [-0.1, -0.05) is 0 Å². The lowest BCUT2D eigenvalue weighted by molar-refractivity contribution is 0.414. The first-order valence-electron chi connectivity index (χ1n) is 5.12. The van der Waals surface area contributed by atoms with Gasteiger partial charge in [0.25, 0.3) is 0 Å². The Bertz CT molecular complexity index is 686. The van der Waals surface area contributed by atoms with Gasteiger partial charge < -0.3 is 9.72 Å². The average molecular weight is 244 g/mol. The molecule has 18 heavy (non-hydrogen) atoms. The van der Waals surface area contributed by atoms with Crippen LogP contribution in [-0.2, 0) is 0 Å². The molecule has 0 spiro atoms. The van der Waals surface area contributed by atoms with Crippen LogP contribution in [0.15, 0.2) is 35.3 Å². The number of halogens is 1. The summed E-state index contributed by atoms with van der Waals surface area (Å²) in [5, 5.41) is 9.00. The first-order valence-corrected chi connectivity index (χ1v) is 5.12. The molecule has 0 amide bonds. The molecule has 90 valence electrons. The van der Waals surface area contributed by atoms with Crippen molar-refractivity contribution < 1.29 is 9.13 Å². The Labute approximate surface area is 102 Å². The molecule has 0 aliphatic rings. The molecule has 0 atom stereocenters. The van der Waals surface area contributed by atoms with Crippen molar-refractivity contribution >= 4 is 0 Å². The molecule has 2 aromatic rings. The number of rotatable bonds is 2. The number of hydrogen-bond donors (Lipinski definition) is 1. The van der Waals surface area contributed by atoms with Crippen molar-refractivity contribution in [1.82, 2.24) is 4.98 Å². The van der Waals surface area contributed by atoms with Gasteiger partial charge in [0.05, 0.1) is 18.7 Å². The van der Waals surface area contributed by atoms with Crippen LogP contribution in [0, 0.1) is 17.1 Å². The SMILES string of the molecule is COc1c[nH]c(=O)cc1-c1cc(F)ccc1C#N. The topological polar surface area (TPSA) is 65.9 Å². The minimum absolute atomic E-state index is 0.278. The summed E-state index contributed by atoms with van der Waals surface area (Å²) in [6, 6.07) is 7.00. The van der Waals surface area contributed by atoms with Crippen molar-refractivity contribution in [2.45, 2.75) is 0 Å². The Morgan fingerprint density at radius 2 is 2.11 bits per heavy atom. The van der Waals surface area contributed by atoms with E-state index in [1.165, 1.54) is 37.6 Å². The van der Waals surface area contributed by atoms with E-state index in [-0.39, 0.29) is 11.1 Å². The number of aromatic nitrogens is 1. The molecule has 2 rings (SSSR count). The zero-order valence-electron chi connectivity index (χ0n) is 9.53. The summed E-state index contributed by atoms with van der Waals surface area (Å²) in [6.45, 7) is 0. The Balaban J connectivity index is 2.76. The summed E-state index contributed by atoms with van der Waals surface area (Å²) in [7, 11) is 1.43. The molecular weight excluding hydrogens is 235 g/mol. The summed E-state index contributed by atoms with van der Waals surface area (Å²) in [6.07, 6.45) is 1.38. The van der Waals surface area contributed by atoms with Gasteiger partial charge in [-0.3, -0.25) is 4.79 Å². The summed E-state index contributed by atoms with van der Waals surface area (Å²) in [4.78, 5) is 13.8. The fourth-order valence-corrected chi connectivity index (χ4v) is 1.67. The Morgan fingerprint density at radius 3 is 2.78 bits per heavy atom. The average Bonchev–Trinajstić information content (AvgIpc) is 2.38. The minimum atomic E-state index is -0.480. The molecule has 5 heteroatoms. The number of nitrogens with one attached hydrogen (secondary N) is 1. The number of nitriles is 1. The van der Waals surface area contributed by atoms with Gasteiger partial charge in [0.15, 0.2) is 0 Å². The highest BCUT2D eigenvalue weighted by Gasteiger charge is 2.12. The predicted octanol–water partition coefficient (Wildman–Crippen LogP) is 2.06. The van der Waals surface area contributed by atoms with Gasteiger partial charge in [0, 0.05) is 23.4 Å². The van der Waals surface area contributed by atoms with Crippen molar-refractivity contribution in [2.75, 3.05) is 7.11 Å². The van der Waals surface area contributed by atoms with E-state index in [1.807, 2.05) is 6.07 Å². The van der Waals surface area contributed by atoms with Gasteiger partial charge in [-0.2, -0.15) is 5.26 Å². The van der Waals surface area contributed by atoms with Crippen molar-refractivity contribution in [2.24, 2.45) is 0 Å². The molecule has 0 radical (unpaired) electrons. The standard InChI is InChI=1S/C13H9FN2O2/c1-18-12-7-16-13(17)5-11(12)10-4-9(14)3-2-8(10)6-15/h2-5,7H,1H3,(H,16,17). The van der Waals surface area contributed by atoms with Crippen molar-refractivity contribution in [3.8, 4) is 22.9 Å². The third-order valence-corrected chi connectivity index (χ3v) is 2.50. The zero-order chi connectivity index (χ0) is 13.1. The Morgan fingerprint density at radius 1 is 1.33 bits per heavy atom. The van der Waals surface area contributed by atoms with Gasteiger partial charge in [-0.05, 0) is 18.2 Å². The lowest BCUT2D eigenvalue weighted by Crippen LogP contribution is -2.05. The molecule has 0 aliphatic carbocycles. The van der Waals surface area contributed by atoms with E-state index in [2.05, 4.69) is 4.98 Å². The van der Waals surface area contributed by atoms with Crippen molar-refractivity contribution in [3.05, 3.63) is 52.2 Å². The second-order valence-electron chi connectivity index (χ2n) is 3.58. The Kier molecular flexibility index (Phi) is 3.11. The van der Waals surface area contributed by atoms with Crippen LogP contribution in [0.2, 0.25) is 0 Å². The van der Waals surface area contributed by atoms with Crippen LogP contribution >= 0.6 is 0 Å². The number of pyridine rings is 1. The summed E-state index contributed by atoms with van der Waals surface area (Å²) in [5.74, 6) is -0.108. The van der Waals surface area contributed by atoms with Gasteiger partial charge in [-0.25, -0.2) is 4.39 Å². The zero-order valence-corrected chi connectivity index (χ0v) is 9.53. The van der Waals surface area contributed by atoms with Crippen LogP contribution in [0.1, 0.15) is 5.56 Å². The molecule has 1 aromatic heterocycles. The molecule has 1 N–H and O–H groups in total. The Hall–Kier alpha value is -2.61. The first kappa shape index (κ1) is 11.9. The molecule has 1 heterocycles.